The van der Waals surface area contributed by atoms with Gasteiger partial charge in [-0.15, -0.1) is 12.4 Å². The molecule has 1 N–H and O–H groups in total. The molecule has 0 aromatic heterocycles. The molecule has 3 aliphatic heterocycles. The predicted octanol–water partition coefficient (Wildman–Crippen LogP) is 2.15. The van der Waals surface area contributed by atoms with Crippen LogP contribution >= 0.6 is 12.4 Å². The number of rotatable bonds is 3. The first-order valence-electron chi connectivity index (χ1n) is 9.24. The van der Waals surface area contributed by atoms with Crippen LogP contribution in [0.25, 0.3) is 0 Å². The Kier molecular flexibility index (Phi) is 5.91. The summed E-state index contributed by atoms with van der Waals surface area (Å²) >= 11 is 0. The van der Waals surface area contributed by atoms with Crippen LogP contribution in [0.15, 0.2) is 24.3 Å². The maximum atomic E-state index is 12.9. The second kappa shape index (κ2) is 7.91. The molecule has 3 aliphatic rings. The number of hydrogen-bond donors (Lipinski definition) is 1. The highest BCUT2D eigenvalue weighted by Crippen LogP contribution is 2.32. The van der Waals surface area contributed by atoms with Gasteiger partial charge in [-0.2, -0.15) is 13.2 Å². The molecule has 9 heteroatoms. The molecule has 4 rings (SSSR count). The molecule has 3 saturated heterocycles. The third kappa shape index (κ3) is 4.12. The summed E-state index contributed by atoms with van der Waals surface area (Å²) in [6.45, 7) is 3.70. The van der Waals surface area contributed by atoms with Gasteiger partial charge in [-0.3, -0.25) is 9.59 Å². The summed E-state index contributed by atoms with van der Waals surface area (Å²) in [5.74, 6) is 0.422. The number of amides is 2. The topological polar surface area (TPSA) is 52.7 Å². The summed E-state index contributed by atoms with van der Waals surface area (Å²) in [4.78, 5) is 28.5. The van der Waals surface area contributed by atoms with Crippen LogP contribution in [0, 0.1) is 17.8 Å². The van der Waals surface area contributed by atoms with Crippen molar-refractivity contribution < 1.29 is 22.8 Å². The van der Waals surface area contributed by atoms with E-state index in [4.69, 9.17) is 0 Å². The van der Waals surface area contributed by atoms with Gasteiger partial charge in [0.05, 0.1) is 11.5 Å². The van der Waals surface area contributed by atoms with Gasteiger partial charge in [0.2, 0.25) is 11.8 Å². The molecule has 0 radical (unpaired) electrons. The SMILES string of the molecule is Cl.O=C1CC(C(=O)N2C[C@H]3CNC[C@H]3C2)CN1Cc1cccc(C(F)(F)F)c1. The van der Waals surface area contributed by atoms with Crippen molar-refractivity contribution in [3.8, 4) is 0 Å². The molecule has 5 nitrogen and oxygen atoms in total. The molecular weight excluding hydrogens is 395 g/mol. The zero-order chi connectivity index (χ0) is 19.2. The Morgan fingerprint density at radius 2 is 1.82 bits per heavy atom. The van der Waals surface area contributed by atoms with Crippen molar-refractivity contribution in [2.45, 2.75) is 19.1 Å². The molecule has 2 amide bonds. The van der Waals surface area contributed by atoms with Crippen molar-refractivity contribution in [1.29, 1.82) is 0 Å². The van der Waals surface area contributed by atoms with Crippen molar-refractivity contribution in [3.05, 3.63) is 35.4 Å². The number of benzene rings is 1. The van der Waals surface area contributed by atoms with Gasteiger partial charge >= 0.3 is 6.18 Å². The van der Waals surface area contributed by atoms with Crippen LogP contribution in [-0.2, 0) is 22.3 Å². The molecule has 1 aromatic rings. The summed E-state index contributed by atoms with van der Waals surface area (Å²) in [7, 11) is 0. The fourth-order valence-electron chi connectivity index (χ4n) is 4.45. The summed E-state index contributed by atoms with van der Waals surface area (Å²) in [6, 6.07) is 5.00. The van der Waals surface area contributed by atoms with E-state index in [0.717, 1.165) is 38.3 Å². The minimum atomic E-state index is -4.41. The first-order chi connectivity index (χ1) is 12.8. The van der Waals surface area contributed by atoms with Crippen LogP contribution in [-0.4, -0.2) is 54.3 Å². The van der Waals surface area contributed by atoms with Gasteiger partial charge in [0.1, 0.15) is 0 Å². The highest BCUT2D eigenvalue weighted by atomic mass is 35.5. The van der Waals surface area contributed by atoms with Crippen LogP contribution in [0.2, 0.25) is 0 Å². The van der Waals surface area contributed by atoms with Crippen LogP contribution in [0.3, 0.4) is 0 Å². The molecule has 0 spiro atoms. The van der Waals surface area contributed by atoms with Crippen LogP contribution in [0.4, 0.5) is 13.2 Å². The molecule has 3 heterocycles. The maximum Gasteiger partial charge on any atom is 0.416 e. The van der Waals surface area contributed by atoms with Crippen molar-refractivity contribution in [3.63, 3.8) is 0 Å². The van der Waals surface area contributed by atoms with Crippen LogP contribution in [0.5, 0.6) is 0 Å². The molecular formula is C19H23ClF3N3O2. The Bertz CT molecular complexity index is 746. The van der Waals surface area contributed by atoms with Crippen molar-refractivity contribution in [2.75, 3.05) is 32.7 Å². The molecule has 0 bridgehead atoms. The van der Waals surface area contributed by atoms with Gasteiger partial charge in [-0.25, -0.2) is 0 Å². The van der Waals surface area contributed by atoms with Gasteiger partial charge < -0.3 is 15.1 Å². The molecule has 1 unspecified atom stereocenters. The molecule has 3 fully saturated rings. The third-order valence-corrected chi connectivity index (χ3v) is 5.89. The number of alkyl halides is 3. The highest BCUT2D eigenvalue weighted by molar-refractivity contribution is 5.89. The lowest BCUT2D eigenvalue weighted by Crippen LogP contribution is -2.37. The number of fused-ring (bicyclic) bond motifs is 1. The van der Waals surface area contributed by atoms with Crippen molar-refractivity contribution >= 4 is 24.2 Å². The second-order valence-corrected chi connectivity index (χ2v) is 7.80. The normalized spacial score (nSPS) is 27.1. The Balaban J connectivity index is 0.00000225. The smallest absolute Gasteiger partial charge is 0.342 e. The average molecular weight is 418 g/mol. The number of likely N-dealkylation sites (tertiary alicyclic amines) is 2. The molecule has 28 heavy (non-hydrogen) atoms. The fourth-order valence-corrected chi connectivity index (χ4v) is 4.45. The van der Waals surface area contributed by atoms with E-state index in [9.17, 15) is 22.8 Å². The summed E-state index contributed by atoms with van der Waals surface area (Å²) in [5, 5.41) is 3.33. The number of hydrogen-bond acceptors (Lipinski definition) is 3. The minimum absolute atomic E-state index is 0. The Hall–Kier alpha value is -1.80. The van der Waals surface area contributed by atoms with Gasteiger partial charge in [-0.05, 0) is 29.5 Å². The van der Waals surface area contributed by atoms with E-state index in [-0.39, 0.29) is 43.7 Å². The zero-order valence-electron chi connectivity index (χ0n) is 15.2. The standard InChI is InChI=1S/C19H22F3N3O2.ClH/c20-19(21,22)16-3-1-2-12(4-16)8-24-9-13(5-17(24)26)18(27)25-10-14-6-23-7-15(14)11-25;/h1-4,13-15,23H,5-11H2;1H/t13?,14-,15+;. The number of nitrogens with zero attached hydrogens (tertiary/aromatic N) is 2. The van der Waals surface area contributed by atoms with E-state index in [1.807, 2.05) is 4.90 Å². The monoisotopic (exact) mass is 417 g/mol. The second-order valence-electron chi connectivity index (χ2n) is 7.80. The number of carbonyl (C=O) groups is 2. The Morgan fingerprint density at radius 3 is 2.46 bits per heavy atom. The summed E-state index contributed by atoms with van der Waals surface area (Å²) < 4.78 is 38.6. The maximum absolute atomic E-state index is 12.9. The first-order valence-corrected chi connectivity index (χ1v) is 9.24. The van der Waals surface area contributed by atoms with E-state index >= 15 is 0 Å². The minimum Gasteiger partial charge on any atom is -0.342 e. The summed E-state index contributed by atoms with van der Waals surface area (Å²) in [5.41, 5.74) is -0.301. The van der Waals surface area contributed by atoms with Crippen molar-refractivity contribution in [1.82, 2.24) is 15.1 Å². The van der Waals surface area contributed by atoms with Gasteiger partial charge in [0.25, 0.3) is 0 Å². The molecule has 0 saturated carbocycles. The zero-order valence-corrected chi connectivity index (χ0v) is 16.1. The molecule has 0 aliphatic carbocycles. The highest BCUT2D eigenvalue weighted by Gasteiger charge is 2.42. The largest absolute Gasteiger partial charge is 0.416 e. The number of halogens is 4. The third-order valence-electron chi connectivity index (χ3n) is 5.89. The van der Waals surface area contributed by atoms with Gasteiger partial charge in [0.15, 0.2) is 0 Å². The lowest BCUT2D eigenvalue weighted by Gasteiger charge is -2.22. The summed E-state index contributed by atoms with van der Waals surface area (Å²) in [6.07, 6.45) is -4.27. The van der Waals surface area contributed by atoms with Crippen LogP contribution < -0.4 is 5.32 Å². The van der Waals surface area contributed by atoms with Crippen molar-refractivity contribution in [2.24, 2.45) is 17.8 Å². The van der Waals surface area contributed by atoms with Crippen LogP contribution in [0.1, 0.15) is 17.5 Å². The number of nitrogens with one attached hydrogen (secondary N) is 1. The van der Waals surface area contributed by atoms with E-state index in [0.29, 0.717) is 17.4 Å². The number of carbonyl (C=O) groups excluding carboxylic acids is 2. The lowest BCUT2D eigenvalue weighted by molar-refractivity contribution is -0.137. The van der Waals surface area contributed by atoms with Gasteiger partial charge in [0, 0.05) is 45.7 Å². The van der Waals surface area contributed by atoms with Gasteiger partial charge in [-0.1, -0.05) is 12.1 Å². The quantitative estimate of drug-likeness (QED) is 0.820. The molecule has 3 atom stereocenters. The van der Waals surface area contributed by atoms with E-state index in [1.165, 1.54) is 11.0 Å². The molecule has 1 aromatic carbocycles. The van der Waals surface area contributed by atoms with E-state index in [2.05, 4.69) is 5.32 Å². The first kappa shape index (κ1) is 20.9. The Labute approximate surface area is 167 Å². The predicted molar refractivity (Wildman–Crippen MR) is 98.6 cm³/mol. The molecule has 154 valence electrons. The van der Waals surface area contributed by atoms with E-state index < -0.39 is 17.7 Å². The Morgan fingerprint density at radius 1 is 1.14 bits per heavy atom. The fraction of sp³-hybridized carbons (Fsp3) is 0.579. The van der Waals surface area contributed by atoms with E-state index in [1.54, 1.807) is 6.07 Å². The lowest BCUT2D eigenvalue weighted by atomic mass is 10.0. The average Bonchev–Trinajstić information content (AvgIpc) is 3.29.